The van der Waals surface area contributed by atoms with Crippen molar-refractivity contribution in [3.05, 3.63) is 17.1 Å². The van der Waals surface area contributed by atoms with Crippen LogP contribution in [0.3, 0.4) is 0 Å². The Hall–Kier alpha value is -0.910. The molecule has 1 aliphatic heterocycles. The number of nitrogens with one attached hydrogen (secondary N) is 1. The van der Waals surface area contributed by atoms with Crippen LogP contribution >= 0.6 is 11.3 Å². The molecule has 5 heteroatoms. The van der Waals surface area contributed by atoms with Gasteiger partial charge in [0.2, 0.25) is 0 Å². The molecule has 16 heavy (non-hydrogen) atoms. The van der Waals surface area contributed by atoms with Gasteiger partial charge in [-0.2, -0.15) is 5.10 Å². The lowest BCUT2D eigenvalue weighted by atomic mass is 9.76. The highest BCUT2D eigenvalue weighted by molar-refractivity contribution is 7.16. The van der Waals surface area contributed by atoms with Gasteiger partial charge in [0.1, 0.15) is 4.83 Å². The molecule has 0 atom stereocenters. The molecule has 4 nitrogen and oxygen atoms in total. The average molecular weight is 237 g/mol. The first kappa shape index (κ1) is 10.3. The summed E-state index contributed by atoms with van der Waals surface area (Å²) in [5.74, 6) is 0. The second kappa shape index (κ2) is 3.84. The summed E-state index contributed by atoms with van der Waals surface area (Å²) in [6, 6.07) is 2.13. The zero-order valence-corrected chi connectivity index (χ0v) is 9.85. The van der Waals surface area contributed by atoms with Crippen LogP contribution in [0, 0.1) is 0 Å². The molecule has 0 saturated carbocycles. The smallest absolute Gasteiger partial charge is 0.145 e. The zero-order chi connectivity index (χ0) is 11.0. The van der Waals surface area contributed by atoms with Crippen LogP contribution in [0.1, 0.15) is 18.5 Å². The van der Waals surface area contributed by atoms with E-state index in [1.54, 1.807) is 11.3 Å². The van der Waals surface area contributed by atoms with Crippen molar-refractivity contribution in [3.8, 4) is 0 Å². The first-order valence-corrected chi connectivity index (χ1v) is 6.43. The number of aromatic nitrogens is 2. The molecule has 3 N–H and O–H groups in total. The predicted octanol–water partition coefficient (Wildman–Crippen LogP) is 1.63. The second-order valence-corrected chi connectivity index (χ2v) is 5.23. The quantitative estimate of drug-likeness (QED) is 0.834. The number of rotatable bonds is 2. The zero-order valence-electron chi connectivity index (χ0n) is 9.03. The van der Waals surface area contributed by atoms with Crippen molar-refractivity contribution in [1.29, 1.82) is 0 Å². The second-order valence-electron chi connectivity index (χ2n) is 4.33. The maximum Gasteiger partial charge on any atom is 0.145 e. The minimum atomic E-state index is 0.0358. The highest BCUT2D eigenvalue weighted by atomic mass is 32.1. The largest absolute Gasteiger partial charge is 0.381 e. The summed E-state index contributed by atoms with van der Waals surface area (Å²) < 4.78 is 5.43. The van der Waals surface area contributed by atoms with Gasteiger partial charge in [0.25, 0.3) is 0 Å². The molecule has 2 aromatic heterocycles. The summed E-state index contributed by atoms with van der Waals surface area (Å²) in [7, 11) is 0. The number of fused-ring (bicyclic) bond motifs is 1. The lowest BCUT2D eigenvalue weighted by molar-refractivity contribution is 0.0520. The maximum atomic E-state index is 5.99. The summed E-state index contributed by atoms with van der Waals surface area (Å²) in [5.41, 5.74) is 7.23. The van der Waals surface area contributed by atoms with E-state index in [4.69, 9.17) is 10.5 Å². The van der Waals surface area contributed by atoms with Gasteiger partial charge in [-0.3, -0.25) is 5.10 Å². The lowest BCUT2D eigenvalue weighted by Crippen LogP contribution is -2.41. The number of aromatic amines is 1. The third kappa shape index (κ3) is 1.39. The number of H-pyrrole nitrogens is 1. The Kier molecular flexibility index (Phi) is 2.46. The van der Waals surface area contributed by atoms with E-state index < -0.39 is 0 Å². The van der Waals surface area contributed by atoms with E-state index in [1.165, 1.54) is 11.1 Å². The first-order chi connectivity index (χ1) is 7.86. The number of ether oxygens (including phenoxy) is 1. The minimum absolute atomic E-state index is 0.0358. The summed E-state index contributed by atoms with van der Waals surface area (Å²) >= 11 is 1.67. The lowest BCUT2D eigenvalue weighted by Gasteiger charge is -2.35. The van der Waals surface area contributed by atoms with E-state index in [0.717, 1.165) is 30.9 Å². The van der Waals surface area contributed by atoms with E-state index in [0.29, 0.717) is 6.54 Å². The number of thiophene rings is 1. The monoisotopic (exact) mass is 237 g/mol. The van der Waals surface area contributed by atoms with Gasteiger partial charge in [0.15, 0.2) is 0 Å². The van der Waals surface area contributed by atoms with Gasteiger partial charge in [-0.25, -0.2) is 0 Å². The number of hydrogen-bond donors (Lipinski definition) is 2. The van der Waals surface area contributed by atoms with Crippen LogP contribution in [0.25, 0.3) is 10.2 Å². The Labute approximate surface area is 97.8 Å². The van der Waals surface area contributed by atoms with Gasteiger partial charge in [0, 0.05) is 30.6 Å². The van der Waals surface area contributed by atoms with Crippen molar-refractivity contribution in [2.24, 2.45) is 5.73 Å². The predicted molar refractivity (Wildman–Crippen MR) is 64.8 cm³/mol. The molecular formula is C11H15N3OS. The third-order valence-electron chi connectivity index (χ3n) is 3.55. The van der Waals surface area contributed by atoms with Crippen LogP contribution in [0.4, 0.5) is 0 Å². The molecule has 86 valence electrons. The molecule has 0 bridgehead atoms. The Morgan fingerprint density at radius 3 is 3.06 bits per heavy atom. The standard InChI is InChI=1S/C11H15N3OS/c12-7-11(2-4-15-5-3-11)9-8-1-6-16-10(8)14-13-9/h1,6H,2-5,7,12H2,(H,13,14). The van der Waals surface area contributed by atoms with E-state index in [9.17, 15) is 0 Å². The number of nitrogens with two attached hydrogens (primary N) is 1. The fourth-order valence-corrected chi connectivity index (χ4v) is 3.20. The van der Waals surface area contributed by atoms with Crippen LogP contribution in [-0.2, 0) is 10.2 Å². The molecule has 0 spiro atoms. The Morgan fingerprint density at radius 1 is 1.50 bits per heavy atom. The van der Waals surface area contributed by atoms with Gasteiger partial charge < -0.3 is 10.5 Å². The van der Waals surface area contributed by atoms with Gasteiger partial charge in [-0.05, 0) is 24.3 Å². The molecule has 3 rings (SSSR count). The van der Waals surface area contributed by atoms with Crippen molar-refractivity contribution >= 4 is 21.6 Å². The van der Waals surface area contributed by atoms with E-state index in [1.807, 2.05) is 0 Å². The molecule has 2 aromatic rings. The minimum Gasteiger partial charge on any atom is -0.381 e. The highest BCUT2D eigenvalue weighted by Gasteiger charge is 2.36. The van der Waals surface area contributed by atoms with Crippen molar-refractivity contribution in [2.45, 2.75) is 18.3 Å². The van der Waals surface area contributed by atoms with Crippen molar-refractivity contribution < 1.29 is 4.74 Å². The number of nitrogens with zero attached hydrogens (tertiary/aromatic N) is 1. The molecular weight excluding hydrogens is 222 g/mol. The van der Waals surface area contributed by atoms with Crippen LogP contribution in [0.15, 0.2) is 11.4 Å². The summed E-state index contributed by atoms with van der Waals surface area (Å²) in [6.07, 6.45) is 1.97. The molecule has 1 aliphatic rings. The van der Waals surface area contributed by atoms with Gasteiger partial charge >= 0.3 is 0 Å². The summed E-state index contributed by atoms with van der Waals surface area (Å²) in [4.78, 5) is 1.08. The van der Waals surface area contributed by atoms with E-state index in [2.05, 4.69) is 21.6 Å². The SMILES string of the molecule is NCC1(c2[nH]nc3sccc23)CCOCC1. The number of hydrogen-bond acceptors (Lipinski definition) is 4. The highest BCUT2D eigenvalue weighted by Crippen LogP contribution is 2.37. The van der Waals surface area contributed by atoms with E-state index in [-0.39, 0.29) is 5.41 Å². The Bertz CT molecular complexity index is 484. The van der Waals surface area contributed by atoms with Gasteiger partial charge in [-0.15, -0.1) is 11.3 Å². The normalized spacial score (nSPS) is 20.3. The molecule has 0 amide bonds. The Balaban J connectivity index is 2.09. The summed E-state index contributed by atoms with van der Waals surface area (Å²) in [6.45, 7) is 2.24. The molecule has 1 saturated heterocycles. The maximum absolute atomic E-state index is 5.99. The van der Waals surface area contributed by atoms with Crippen LogP contribution in [-0.4, -0.2) is 30.0 Å². The van der Waals surface area contributed by atoms with Gasteiger partial charge in [-0.1, -0.05) is 0 Å². The van der Waals surface area contributed by atoms with Crippen LogP contribution < -0.4 is 5.73 Å². The molecule has 3 heterocycles. The van der Waals surface area contributed by atoms with Gasteiger partial charge in [0.05, 0.1) is 5.69 Å². The summed E-state index contributed by atoms with van der Waals surface area (Å²) in [5, 5.41) is 10.8. The molecule has 0 aromatic carbocycles. The van der Waals surface area contributed by atoms with Crippen molar-refractivity contribution in [1.82, 2.24) is 10.2 Å². The molecule has 0 unspecified atom stereocenters. The average Bonchev–Trinajstić information content (AvgIpc) is 2.91. The molecule has 1 fully saturated rings. The fourth-order valence-electron chi connectivity index (χ4n) is 2.47. The fraction of sp³-hybridized carbons (Fsp3) is 0.545. The molecule has 0 radical (unpaired) electrons. The van der Waals surface area contributed by atoms with Crippen molar-refractivity contribution in [3.63, 3.8) is 0 Å². The first-order valence-electron chi connectivity index (χ1n) is 5.56. The van der Waals surface area contributed by atoms with E-state index >= 15 is 0 Å². The van der Waals surface area contributed by atoms with Crippen LogP contribution in [0.2, 0.25) is 0 Å². The third-order valence-corrected chi connectivity index (χ3v) is 4.36. The topological polar surface area (TPSA) is 63.9 Å². The van der Waals surface area contributed by atoms with Crippen LogP contribution in [0.5, 0.6) is 0 Å². The Morgan fingerprint density at radius 2 is 2.31 bits per heavy atom. The van der Waals surface area contributed by atoms with Crippen molar-refractivity contribution in [2.75, 3.05) is 19.8 Å². The molecule has 0 aliphatic carbocycles.